The SMILES string of the molecule is Clc1ccc(C2=NOC(COc3ccc(Cl)c4cccnc34)C2)c(Cl)c1. The third-order valence-corrected chi connectivity index (χ3v) is 4.96. The van der Waals surface area contributed by atoms with Crippen LogP contribution in [-0.4, -0.2) is 23.4 Å². The molecule has 0 bridgehead atoms. The number of benzene rings is 2. The highest BCUT2D eigenvalue weighted by Gasteiger charge is 2.24. The second-order valence-electron chi connectivity index (χ2n) is 5.85. The smallest absolute Gasteiger partial charge is 0.167 e. The summed E-state index contributed by atoms with van der Waals surface area (Å²) in [6.45, 7) is 0.339. The Morgan fingerprint density at radius 2 is 1.96 bits per heavy atom. The summed E-state index contributed by atoms with van der Waals surface area (Å²) in [7, 11) is 0. The van der Waals surface area contributed by atoms with Crippen LogP contribution in [0.5, 0.6) is 5.75 Å². The van der Waals surface area contributed by atoms with Gasteiger partial charge in [0, 0.05) is 28.6 Å². The van der Waals surface area contributed by atoms with Crippen molar-refractivity contribution in [2.75, 3.05) is 6.61 Å². The van der Waals surface area contributed by atoms with E-state index in [-0.39, 0.29) is 6.10 Å². The summed E-state index contributed by atoms with van der Waals surface area (Å²) < 4.78 is 5.92. The van der Waals surface area contributed by atoms with Crippen molar-refractivity contribution in [3.63, 3.8) is 0 Å². The van der Waals surface area contributed by atoms with Crippen molar-refractivity contribution in [3.8, 4) is 5.75 Å². The average Bonchev–Trinajstić information content (AvgIpc) is 3.10. The molecule has 0 saturated heterocycles. The Bertz CT molecular complexity index is 1010. The fourth-order valence-electron chi connectivity index (χ4n) is 2.81. The van der Waals surface area contributed by atoms with Gasteiger partial charge in [-0.1, -0.05) is 46.0 Å². The van der Waals surface area contributed by atoms with Crippen molar-refractivity contribution in [2.45, 2.75) is 12.5 Å². The number of fused-ring (bicyclic) bond motifs is 1. The maximum atomic E-state index is 6.24. The van der Waals surface area contributed by atoms with Crippen molar-refractivity contribution in [1.29, 1.82) is 0 Å². The predicted molar refractivity (Wildman–Crippen MR) is 105 cm³/mol. The Hall–Kier alpha value is -2.01. The molecule has 1 aliphatic rings. The molecule has 0 N–H and O–H groups in total. The lowest BCUT2D eigenvalue weighted by Gasteiger charge is -2.12. The number of aromatic nitrogens is 1. The summed E-state index contributed by atoms with van der Waals surface area (Å²) in [6.07, 6.45) is 2.10. The van der Waals surface area contributed by atoms with Crippen LogP contribution in [0.4, 0.5) is 0 Å². The van der Waals surface area contributed by atoms with Gasteiger partial charge in [-0.15, -0.1) is 0 Å². The second kappa shape index (κ2) is 7.31. The predicted octanol–water partition coefficient (Wildman–Crippen LogP) is 5.77. The molecule has 2 heterocycles. The van der Waals surface area contributed by atoms with Gasteiger partial charge in [0.05, 0.1) is 15.8 Å². The number of rotatable bonds is 4. The zero-order chi connectivity index (χ0) is 18.1. The third-order valence-electron chi connectivity index (χ3n) is 4.08. The lowest BCUT2D eigenvalue weighted by Crippen LogP contribution is -2.18. The quantitative estimate of drug-likeness (QED) is 0.551. The van der Waals surface area contributed by atoms with Crippen LogP contribution in [0.1, 0.15) is 12.0 Å². The molecule has 7 heteroatoms. The molecule has 1 aliphatic heterocycles. The lowest BCUT2D eigenvalue weighted by atomic mass is 10.1. The topological polar surface area (TPSA) is 43.7 Å². The van der Waals surface area contributed by atoms with Gasteiger partial charge in [0.25, 0.3) is 0 Å². The van der Waals surface area contributed by atoms with Crippen molar-refractivity contribution in [3.05, 3.63) is 69.3 Å². The maximum absolute atomic E-state index is 6.24. The van der Waals surface area contributed by atoms with E-state index in [2.05, 4.69) is 10.1 Å². The van der Waals surface area contributed by atoms with Gasteiger partial charge in [-0.2, -0.15) is 0 Å². The van der Waals surface area contributed by atoms with E-state index in [1.807, 2.05) is 24.3 Å². The van der Waals surface area contributed by atoms with Crippen LogP contribution in [0.25, 0.3) is 10.9 Å². The van der Waals surface area contributed by atoms with E-state index in [4.69, 9.17) is 44.4 Å². The van der Waals surface area contributed by atoms with Gasteiger partial charge in [0.15, 0.2) is 6.10 Å². The van der Waals surface area contributed by atoms with Gasteiger partial charge in [0.1, 0.15) is 17.9 Å². The average molecular weight is 408 g/mol. The molecule has 3 aromatic rings. The molecule has 0 radical (unpaired) electrons. The molecular formula is C19H13Cl3N2O2. The molecule has 0 spiro atoms. The number of hydrogen-bond acceptors (Lipinski definition) is 4. The van der Waals surface area contributed by atoms with Crippen molar-refractivity contribution in [1.82, 2.24) is 4.98 Å². The first-order chi connectivity index (χ1) is 12.6. The molecule has 1 unspecified atom stereocenters. The van der Waals surface area contributed by atoms with Gasteiger partial charge >= 0.3 is 0 Å². The van der Waals surface area contributed by atoms with E-state index in [1.54, 1.807) is 24.4 Å². The Morgan fingerprint density at radius 3 is 2.81 bits per heavy atom. The van der Waals surface area contributed by atoms with Gasteiger partial charge in [-0.25, -0.2) is 0 Å². The minimum Gasteiger partial charge on any atom is -0.487 e. The van der Waals surface area contributed by atoms with Crippen molar-refractivity contribution >= 4 is 51.4 Å². The highest BCUT2D eigenvalue weighted by atomic mass is 35.5. The van der Waals surface area contributed by atoms with Crippen LogP contribution in [0.2, 0.25) is 15.1 Å². The highest BCUT2D eigenvalue weighted by Crippen LogP contribution is 2.31. The monoisotopic (exact) mass is 406 g/mol. The molecule has 0 amide bonds. The number of hydrogen-bond donors (Lipinski definition) is 0. The van der Waals surface area contributed by atoms with E-state index in [1.165, 1.54) is 0 Å². The summed E-state index contributed by atoms with van der Waals surface area (Å²) in [4.78, 5) is 9.85. The molecular weight excluding hydrogens is 395 g/mol. The first kappa shape index (κ1) is 17.4. The Morgan fingerprint density at radius 1 is 1.08 bits per heavy atom. The van der Waals surface area contributed by atoms with Crippen LogP contribution in [0.3, 0.4) is 0 Å². The molecule has 4 rings (SSSR count). The zero-order valence-corrected chi connectivity index (χ0v) is 15.7. The standard InChI is InChI=1S/C19H13Cl3N2O2/c20-11-3-4-13(16(22)8-11)17-9-12(26-24-17)10-25-18-6-5-15(21)14-2-1-7-23-19(14)18/h1-8,12H,9-10H2. The molecule has 2 aromatic carbocycles. The van der Waals surface area contributed by atoms with Crippen LogP contribution >= 0.6 is 34.8 Å². The summed E-state index contributed by atoms with van der Waals surface area (Å²) in [5, 5.41) is 6.76. The van der Waals surface area contributed by atoms with E-state index < -0.39 is 0 Å². The Kier molecular flexibility index (Phi) is 4.90. The van der Waals surface area contributed by atoms with Crippen molar-refractivity contribution in [2.24, 2.45) is 5.16 Å². The van der Waals surface area contributed by atoms with E-state index in [0.717, 1.165) is 22.2 Å². The zero-order valence-electron chi connectivity index (χ0n) is 13.5. The first-order valence-electron chi connectivity index (χ1n) is 7.96. The molecule has 0 saturated carbocycles. The highest BCUT2D eigenvalue weighted by molar-refractivity contribution is 6.37. The number of nitrogens with zero attached hydrogens (tertiary/aromatic N) is 2. The molecule has 1 atom stereocenters. The van der Waals surface area contributed by atoms with Crippen LogP contribution in [0.15, 0.2) is 53.8 Å². The normalized spacial score (nSPS) is 16.4. The first-order valence-corrected chi connectivity index (χ1v) is 9.09. The number of halogens is 3. The number of ether oxygens (including phenoxy) is 1. The molecule has 26 heavy (non-hydrogen) atoms. The molecule has 0 fully saturated rings. The summed E-state index contributed by atoms with van der Waals surface area (Å²) in [5.41, 5.74) is 2.32. The molecule has 0 aliphatic carbocycles. The van der Waals surface area contributed by atoms with E-state index >= 15 is 0 Å². The minimum absolute atomic E-state index is 0.203. The van der Waals surface area contributed by atoms with Crippen LogP contribution in [0, 0.1) is 0 Å². The van der Waals surface area contributed by atoms with Crippen LogP contribution < -0.4 is 4.74 Å². The van der Waals surface area contributed by atoms with Crippen molar-refractivity contribution < 1.29 is 9.57 Å². The minimum atomic E-state index is -0.203. The fourth-order valence-corrected chi connectivity index (χ4v) is 3.54. The van der Waals surface area contributed by atoms with Gasteiger partial charge in [-0.05, 0) is 36.4 Å². The van der Waals surface area contributed by atoms with E-state index in [9.17, 15) is 0 Å². The Balaban J connectivity index is 1.45. The number of oxime groups is 1. The second-order valence-corrected chi connectivity index (χ2v) is 7.10. The summed E-state index contributed by atoms with van der Waals surface area (Å²) in [6, 6.07) is 12.7. The molecule has 1 aromatic heterocycles. The fraction of sp³-hybridized carbons (Fsp3) is 0.158. The summed E-state index contributed by atoms with van der Waals surface area (Å²) >= 11 is 18.4. The largest absolute Gasteiger partial charge is 0.487 e. The summed E-state index contributed by atoms with van der Waals surface area (Å²) in [5.74, 6) is 0.659. The lowest BCUT2D eigenvalue weighted by molar-refractivity contribution is 0.0475. The molecule has 132 valence electrons. The Labute approximate surface area is 165 Å². The van der Waals surface area contributed by atoms with Gasteiger partial charge in [-0.3, -0.25) is 4.98 Å². The molecule has 4 nitrogen and oxygen atoms in total. The van der Waals surface area contributed by atoms with Gasteiger partial charge in [0.2, 0.25) is 0 Å². The van der Waals surface area contributed by atoms with Crippen LogP contribution in [-0.2, 0) is 4.84 Å². The third kappa shape index (κ3) is 3.45. The number of pyridine rings is 1. The maximum Gasteiger partial charge on any atom is 0.167 e. The van der Waals surface area contributed by atoms with Gasteiger partial charge < -0.3 is 9.57 Å². The van der Waals surface area contributed by atoms with E-state index in [0.29, 0.717) is 33.8 Å².